The number of carboxylic acid groups (broad SMARTS) is 1. The molecule has 1 aliphatic heterocycles. The molecule has 1 rings (SSSR count). The van der Waals surface area contributed by atoms with Gasteiger partial charge in [-0.25, -0.2) is 0 Å². The second-order valence-corrected chi connectivity index (χ2v) is 4.41. The van der Waals surface area contributed by atoms with E-state index < -0.39 is 5.97 Å². The minimum Gasteiger partial charge on any atom is -0.480 e. The topological polar surface area (TPSA) is 70.1 Å². The Morgan fingerprint density at radius 1 is 1.28 bits per heavy atom. The molecule has 0 radical (unpaired) electrons. The van der Waals surface area contributed by atoms with Crippen LogP contribution in [0.1, 0.15) is 19.8 Å². The Balaban J connectivity index is 2.31. The van der Waals surface area contributed by atoms with E-state index in [-0.39, 0.29) is 12.5 Å². The van der Waals surface area contributed by atoms with E-state index in [4.69, 9.17) is 9.84 Å². The number of ether oxygens (including phenoxy) is 1. The first kappa shape index (κ1) is 14.9. The first-order valence-electron chi connectivity index (χ1n) is 6.43. The van der Waals surface area contributed by atoms with Crippen LogP contribution in [0.15, 0.2) is 0 Å². The van der Waals surface area contributed by atoms with Gasteiger partial charge < -0.3 is 14.7 Å². The molecule has 1 heterocycles. The molecule has 0 atom stereocenters. The van der Waals surface area contributed by atoms with Crippen molar-refractivity contribution in [2.45, 2.75) is 19.8 Å². The number of nitrogens with zero attached hydrogens (tertiary/aromatic N) is 2. The number of rotatable bonds is 7. The van der Waals surface area contributed by atoms with Gasteiger partial charge in [0.1, 0.15) is 0 Å². The van der Waals surface area contributed by atoms with Crippen LogP contribution in [0.2, 0.25) is 0 Å². The third-order valence-electron chi connectivity index (χ3n) is 2.90. The smallest absolute Gasteiger partial charge is 0.317 e. The number of morpholine rings is 1. The molecule has 1 N–H and O–H groups in total. The molecule has 0 unspecified atom stereocenters. The first-order valence-corrected chi connectivity index (χ1v) is 6.43. The molecule has 104 valence electrons. The summed E-state index contributed by atoms with van der Waals surface area (Å²) in [5, 5.41) is 8.77. The van der Waals surface area contributed by atoms with Crippen molar-refractivity contribution in [3.8, 4) is 0 Å². The highest BCUT2D eigenvalue weighted by atomic mass is 16.5. The number of carbonyl (C=O) groups is 2. The Morgan fingerprint density at radius 3 is 2.50 bits per heavy atom. The van der Waals surface area contributed by atoms with Crippen LogP contribution in [0.5, 0.6) is 0 Å². The largest absolute Gasteiger partial charge is 0.480 e. The van der Waals surface area contributed by atoms with Crippen LogP contribution >= 0.6 is 0 Å². The monoisotopic (exact) mass is 258 g/mol. The molecule has 1 fully saturated rings. The van der Waals surface area contributed by atoms with Gasteiger partial charge >= 0.3 is 5.97 Å². The quantitative estimate of drug-likeness (QED) is 0.698. The fraction of sp³-hybridized carbons (Fsp3) is 0.833. The lowest BCUT2D eigenvalue weighted by molar-refractivity contribution is -0.140. The Morgan fingerprint density at radius 2 is 1.94 bits per heavy atom. The van der Waals surface area contributed by atoms with Crippen molar-refractivity contribution in [3.63, 3.8) is 0 Å². The minimum absolute atomic E-state index is 0.00420. The fourth-order valence-electron chi connectivity index (χ4n) is 2.00. The van der Waals surface area contributed by atoms with E-state index in [2.05, 4.69) is 0 Å². The average Bonchev–Trinajstić information content (AvgIpc) is 2.36. The van der Waals surface area contributed by atoms with Crippen LogP contribution in [0.25, 0.3) is 0 Å². The van der Waals surface area contributed by atoms with Crippen molar-refractivity contribution in [2.75, 3.05) is 45.9 Å². The lowest BCUT2D eigenvalue weighted by Crippen LogP contribution is -2.42. The highest BCUT2D eigenvalue weighted by molar-refractivity contribution is 5.76. The molecule has 0 bridgehead atoms. The van der Waals surface area contributed by atoms with Gasteiger partial charge in [-0.2, -0.15) is 0 Å². The third kappa shape index (κ3) is 5.46. The van der Waals surface area contributed by atoms with Gasteiger partial charge in [0, 0.05) is 26.1 Å². The van der Waals surface area contributed by atoms with Crippen molar-refractivity contribution < 1.29 is 19.4 Å². The molecule has 0 saturated carbocycles. The molecule has 1 amide bonds. The lowest BCUT2D eigenvalue weighted by atomic mass is 10.3. The van der Waals surface area contributed by atoms with Crippen molar-refractivity contribution in [1.82, 2.24) is 9.80 Å². The number of carbonyl (C=O) groups excluding carboxylic acids is 1. The van der Waals surface area contributed by atoms with Gasteiger partial charge in [0.25, 0.3) is 0 Å². The predicted molar refractivity (Wildman–Crippen MR) is 66.4 cm³/mol. The van der Waals surface area contributed by atoms with Gasteiger partial charge in [-0.3, -0.25) is 14.5 Å². The maximum atomic E-state index is 11.9. The predicted octanol–water partition coefficient (Wildman–Crippen LogP) is 0.0319. The molecule has 0 aromatic rings. The van der Waals surface area contributed by atoms with Gasteiger partial charge in [0.15, 0.2) is 0 Å². The summed E-state index contributed by atoms with van der Waals surface area (Å²) in [6, 6.07) is 0. The molecule has 6 nitrogen and oxygen atoms in total. The maximum Gasteiger partial charge on any atom is 0.317 e. The number of aliphatic carboxylic acids is 1. The van der Waals surface area contributed by atoms with Crippen LogP contribution in [0.3, 0.4) is 0 Å². The summed E-state index contributed by atoms with van der Waals surface area (Å²) < 4.78 is 5.18. The molecule has 0 aromatic carbocycles. The Hall–Kier alpha value is -1.14. The molecule has 0 spiro atoms. The SMILES string of the molecule is CCCN(CCC(=O)N1CCOCC1)CC(=O)O. The fourth-order valence-corrected chi connectivity index (χ4v) is 2.00. The normalized spacial score (nSPS) is 16.0. The number of hydrogen-bond acceptors (Lipinski definition) is 4. The molecule has 1 aliphatic rings. The van der Waals surface area contributed by atoms with E-state index in [0.717, 1.165) is 6.42 Å². The Labute approximate surface area is 107 Å². The van der Waals surface area contributed by atoms with Crippen molar-refractivity contribution in [2.24, 2.45) is 0 Å². The summed E-state index contributed by atoms with van der Waals surface area (Å²) in [6.45, 7) is 5.71. The molecule has 18 heavy (non-hydrogen) atoms. The van der Waals surface area contributed by atoms with Gasteiger partial charge in [-0.05, 0) is 13.0 Å². The van der Waals surface area contributed by atoms with Crippen LogP contribution < -0.4 is 0 Å². The van der Waals surface area contributed by atoms with Crippen molar-refractivity contribution >= 4 is 11.9 Å². The molecule has 1 saturated heterocycles. The summed E-state index contributed by atoms with van der Waals surface area (Å²) in [4.78, 5) is 26.2. The zero-order valence-electron chi connectivity index (χ0n) is 10.9. The summed E-state index contributed by atoms with van der Waals surface area (Å²) >= 11 is 0. The zero-order chi connectivity index (χ0) is 13.4. The molecular weight excluding hydrogens is 236 g/mol. The molecular formula is C12H22N2O4. The zero-order valence-corrected chi connectivity index (χ0v) is 10.9. The maximum absolute atomic E-state index is 11.9. The van der Waals surface area contributed by atoms with E-state index in [1.54, 1.807) is 9.80 Å². The summed E-state index contributed by atoms with van der Waals surface area (Å²) in [7, 11) is 0. The van der Waals surface area contributed by atoms with Crippen LogP contribution in [0.4, 0.5) is 0 Å². The van der Waals surface area contributed by atoms with E-state index in [9.17, 15) is 9.59 Å². The van der Waals surface area contributed by atoms with Gasteiger partial charge in [-0.1, -0.05) is 6.92 Å². The van der Waals surface area contributed by atoms with Crippen molar-refractivity contribution in [3.05, 3.63) is 0 Å². The number of hydrogen-bond donors (Lipinski definition) is 1. The summed E-state index contributed by atoms with van der Waals surface area (Å²) in [6.07, 6.45) is 1.27. The van der Waals surface area contributed by atoms with Crippen molar-refractivity contribution in [1.29, 1.82) is 0 Å². The second kappa shape index (κ2) is 8.05. The first-order chi connectivity index (χ1) is 8.63. The minimum atomic E-state index is -0.845. The van der Waals surface area contributed by atoms with E-state index in [1.165, 1.54) is 0 Å². The Kier molecular flexibility index (Phi) is 6.67. The average molecular weight is 258 g/mol. The van der Waals surface area contributed by atoms with Crippen LogP contribution in [0, 0.1) is 0 Å². The summed E-state index contributed by atoms with van der Waals surface area (Å²) in [5.41, 5.74) is 0. The molecule has 6 heteroatoms. The van der Waals surface area contributed by atoms with E-state index in [0.29, 0.717) is 45.8 Å². The van der Waals surface area contributed by atoms with Gasteiger partial charge in [-0.15, -0.1) is 0 Å². The molecule has 0 aromatic heterocycles. The standard InChI is InChI=1S/C12H22N2O4/c1-2-4-13(10-12(16)17)5-3-11(15)14-6-8-18-9-7-14/h2-10H2,1H3,(H,16,17). The number of carboxylic acids is 1. The van der Waals surface area contributed by atoms with E-state index in [1.807, 2.05) is 6.92 Å². The van der Waals surface area contributed by atoms with Crippen LogP contribution in [-0.4, -0.2) is 72.7 Å². The summed E-state index contributed by atoms with van der Waals surface area (Å²) in [5.74, 6) is -0.757. The highest BCUT2D eigenvalue weighted by Crippen LogP contribution is 2.02. The Bertz CT molecular complexity index is 277. The molecule has 0 aliphatic carbocycles. The number of amides is 1. The van der Waals surface area contributed by atoms with Crippen LogP contribution in [-0.2, 0) is 14.3 Å². The highest BCUT2D eigenvalue weighted by Gasteiger charge is 2.18. The van der Waals surface area contributed by atoms with Gasteiger partial charge in [0.2, 0.25) is 5.91 Å². The second-order valence-electron chi connectivity index (χ2n) is 4.41. The lowest BCUT2D eigenvalue weighted by Gasteiger charge is -2.28. The van der Waals surface area contributed by atoms with Gasteiger partial charge in [0.05, 0.1) is 19.8 Å². The van der Waals surface area contributed by atoms with E-state index >= 15 is 0 Å². The third-order valence-corrected chi connectivity index (χ3v) is 2.90.